The molecule has 1 atom stereocenters. The number of nitrogens with one attached hydrogen (secondary N) is 2. The number of likely N-dealkylation sites (tertiary alicyclic amines) is 1. The number of fused-ring (bicyclic) bond motifs is 1. The maximum Gasteiger partial charge on any atom is 0.223 e. The predicted octanol–water partition coefficient (Wildman–Crippen LogP) is 4.20. The van der Waals surface area contributed by atoms with E-state index in [1.807, 2.05) is 31.3 Å². The number of pyridine rings is 1. The lowest BCUT2D eigenvalue weighted by Crippen LogP contribution is -2.29. The second-order valence-electron chi connectivity index (χ2n) is 9.49. The van der Waals surface area contributed by atoms with Crippen LogP contribution in [0.2, 0.25) is 0 Å². The Morgan fingerprint density at radius 3 is 2.87 bits per heavy atom. The fraction of sp³-hybridized carbons (Fsp3) is 0.296. The molecule has 5 aromatic rings. The zero-order valence-electron chi connectivity index (χ0n) is 21.3. The minimum Gasteiger partial charge on any atom is -0.352 e. The second-order valence-corrected chi connectivity index (χ2v) is 10.5. The fourth-order valence-corrected chi connectivity index (χ4v) is 6.12. The molecular weight excluding hydrogens is 520 g/mol. The third kappa shape index (κ3) is 5.49. The van der Waals surface area contributed by atoms with Crippen molar-refractivity contribution in [1.82, 2.24) is 40.2 Å². The van der Waals surface area contributed by atoms with E-state index < -0.39 is 11.8 Å². The third-order valence-corrected chi connectivity index (χ3v) is 8.13. The van der Waals surface area contributed by atoms with Crippen LogP contribution in [-0.4, -0.2) is 67.6 Å². The van der Waals surface area contributed by atoms with Crippen LogP contribution in [0, 0.1) is 11.8 Å². The number of rotatable bonds is 9. The molecule has 1 aliphatic heterocycles. The number of anilines is 1. The van der Waals surface area contributed by atoms with Gasteiger partial charge in [-0.1, -0.05) is 23.4 Å². The van der Waals surface area contributed by atoms with Crippen molar-refractivity contribution >= 4 is 27.4 Å². The van der Waals surface area contributed by atoms with Crippen LogP contribution in [0.5, 0.6) is 0 Å². The van der Waals surface area contributed by atoms with Crippen LogP contribution in [0.25, 0.3) is 31.8 Å². The fourth-order valence-electron chi connectivity index (χ4n) is 4.94. The Labute approximate surface area is 227 Å². The van der Waals surface area contributed by atoms with Crippen molar-refractivity contribution in [3.05, 3.63) is 72.4 Å². The summed E-state index contributed by atoms with van der Waals surface area (Å²) in [5.74, 6) is -0.706. The van der Waals surface area contributed by atoms with Gasteiger partial charge < -0.3 is 10.6 Å². The second kappa shape index (κ2) is 11.1. The molecule has 6 rings (SSSR count). The Hall–Kier alpha value is -3.87. The number of hydrogen-bond acceptors (Lipinski definition) is 9. The number of hydrogen-bond donors (Lipinski definition) is 2. The maximum absolute atomic E-state index is 14.9. The van der Waals surface area contributed by atoms with Crippen LogP contribution in [-0.2, 0) is 13.1 Å². The van der Waals surface area contributed by atoms with E-state index in [1.54, 1.807) is 23.3 Å². The van der Waals surface area contributed by atoms with Crippen LogP contribution in [0.3, 0.4) is 0 Å². The number of benzene rings is 1. The molecule has 1 saturated heterocycles. The highest BCUT2D eigenvalue weighted by atomic mass is 32.1. The van der Waals surface area contributed by atoms with Crippen molar-refractivity contribution in [1.29, 1.82) is 0 Å². The molecule has 0 aliphatic carbocycles. The highest BCUT2D eigenvalue weighted by molar-refractivity contribution is 7.22. The number of halogens is 2. The van der Waals surface area contributed by atoms with Crippen molar-refractivity contribution in [2.45, 2.75) is 25.6 Å². The van der Waals surface area contributed by atoms with E-state index in [1.165, 1.54) is 23.6 Å². The topological polar surface area (TPSA) is 96.7 Å². The average molecular weight is 548 g/mol. The minimum absolute atomic E-state index is 0.219. The van der Waals surface area contributed by atoms with E-state index >= 15 is 0 Å². The molecule has 12 heteroatoms. The lowest BCUT2D eigenvalue weighted by atomic mass is 10.00. The minimum atomic E-state index is -0.527. The summed E-state index contributed by atoms with van der Waals surface area (Å²) in [6.45, 7) is 3.66. The molecule has 2 N–H and O–H groups in total. The molecule has 1 aromatic carbocycles. The molecule has 1 aliphatic rings. The monoisotopic (exact) mass is 547 g/mol. The van der Waals surface area contributed by atoms with E-state index in [-0.39, 0.29) is 5.69 Å². The molecule has 200 valence electrons. The van der Waals surface area contributed by atoms with Gasteiger partial charge in [0.2, 0.25) is 11.9 Å². The van der Waals surface area contributed by atoms with Gasteiger partial charge in [0.05, 0.1) is 23.8 Å². The molecule has 4 aromatic heterocycles. The summed E-state index contributed by atoms with van der Waals surface area (Å²) < 4.78 is 32.0. The summed E-state index contributed by atoms with van der Waals surface area (Å²) in [4.78, 5) is 15.5. The van der Waals surface area contributed by atoms with Gasteiger partial charge in [0.1, 0.15) is 5.69 Å². The van der Waals surface area contributed by atoms with Gasteiger partial charge in [0.25, 0.3) is 0 Å². The summed E-state index contributed by atoms with van der Waals surface area (Å²) >= 11 is 1.43. The first-order valence-electron chi connectivity index (χ1n) is 12.8. The summed E-state index contributed by atoms with van der Waals surface area (Å²) in [6, 6.07) is 9.77. The molecule has 0 bridgehead atoms. The van der Waals surface area contributed by atoms with Gasteiger partial charge in [-0.15, -0.1) is 16.4 Å². The molecule has 9 nitrogen and oxygen atoms in total. The number of aromatic nitrogens is 6. The molecule has 39 heavy (non-hydrogen) atoms. The lowest BCUT2D eigenvalue weighted by Gasteiger charge is -2.18. The molecule has 1 fully saturated rings. The van der Waals surface area contributed by atoms with Crippen molar-refractivity contribution in [3.8, 4) is 21.7 Å². The van der Waals surface area contributed by atoms with E-state index in [2.05, 4.69) is 40.8 Å². The number of nitrogens with zero attached hydrogens (tertiary/aromatic N) is 7. The summed E-state index contributed by atoms with van der Waals surface area (Å²) in [6.07, 6.45) is 7.25. The first-order chi connectivity index (χ1) is 19.1. The SMILES string of the molecule is CNC1CCN(Cc2cnc(F)cc2-c2cccc3cc(-c4nc(NCCn5ccnn5)ncc4F)sc23)C1. The smallest absolute Gasteiger partial charge is 0.223 e. The van der Waals surface area contributed by atoms with Gasteiger partial charge in [-0.2, -0.15) is 4.39 Å². The van der Waals surface area contributed by atoms with E-state index in [4.69, 9.17) is 0 Å². The van der Waals surface area contributed by atoms with E-state index in [0.29, 0.717) is 36.5 Å². The molecule has 0 radical (unpaired) electrons. The van der Waals surface area contributed by atoms with Gasteiger partial charge in [0.15, 0.2) is 5.82 Å². The zero-order valence-corrected chi connectivity index (χ0v) is 22.1. The number of likely N-dealkylation sites (N-methyl/N-ethyl adjacent to an activating group) is 1. The van der Waals surface area contributed by atoms with Gasteiger partial charge in [-0.3, -0.25) is 9.58 Å². The Morgan fingerprint density at radius 1 is 1.13 bits per heavy atom. The Morgan fingerprint density at radius 2 is 2.05 bits per heavy atom. The van der Waals surface area contributed by atoms with Gasteiger partial charge >= 0.3 is 0 Å². The van der Waals surface area contributed by atoms with Gasteiger partial charge in [-0.25, -0.2) is 19.3 Å². The van der Waals surface area contributed by atoms with E-state index in [0.717, 1.165) is 46.3 Å². The molecule has 0 amide bonds. The quantitative estimate of drug-likeness (QED) is 0.265. The van der Waals surface area contributed by atoms with Crippen molar-refractivity contribution < 1.29 is 8.78 Å². The molecule has 1 unspecified atom stereocenters. The lowest BCUT2D eigenvalue weighted by molar-refractivity contribution is 0.322. The highest BCUT2D eigenvalue weighted by Gasteiger charge is 2.23. The maximum atomic E-state index is 14.9. The largest absolute Gasteiger partial charge is 0.352 e. The molecule has 5 heterocycles. The van der Waals surface area contributed by atoms with E-state index in [9.17, 15) is 8.78 Å². The van der Waals surface area contributed by atoms with Crippen LogP contribution in [0.4, 0.5) is 14.7 Å². The molecular formula is C27H27F2N9S. The first-order valence-corrected chi connectivity index (χ1v) is 13.6. The third-order valence-electron chi connectivity index (χ3n) is 6.94. The summed E-state index contributed by atoms with van der Waals surface area (Å²) in [7, 11) is 1.98. The van der Waals surface area contributed by atoms with Crippen molar-refractivity contribution in [2.75, 3.05) is 32.0 Å². The van der Waals surface area contributed by atoms with Crippen LogP contribution in [0.15, 0.2) is 55.1 Å². The van der Waals surface area contributed by atoms with Crippen molar-refractivity contribution in [2.24, 2.45) is 0 Å². The normalized spacial score (nSPS) is 15.8. The van der Waals surface area contributed by atoms with Crippen LogP contribution >= 0.6 is 11.3 Å². The van der Waals surface area contributed by atoms with Gasteiger partial charge in [0, 0.05) is 60.9 Å². The highest BCUT2D eigenvalue weighted by Crippen LogP contribution is 2.40. The standard InChI is InChI=1S/C27H27F2N9S/c1-30-19-5-8-37(16-19)15-18-13-32-24(29)12-21(18)20-4-2-3-17-11-23(39-26(17)20)25-22(28)14-33-27(35-25)31-6-9-38-10-7-34-36-38/h2-4,7,10-14,19,30H,5-6,8-9,15-16H2,1H3,(H,31,33,35). The Balaban J connectivity index is 1.31. The van der Waals surface area contributed by atoms with Gasteiger partial charge in [-0.05, 0) is 36.0 Å². The number of thiophene rings is 1. The van der Waals surface area contributed by atoms with Crippen LogP contribution < -0.4 is 10.6 Å². The molecule has 0 saturated carbocycles. The first kappa shape index (κ1) is 25.4. The summed E-state index contributed by atoms with van der Waals surface area (Å²) in [5.41, 5.74) is 2.87. The summed E-state index contributed by atoms with van der Waals surface area (Å²) in [5, 5.41) is 15.1. The zero-order chi connectivity index (χ0) is 26.8. The Kier molecular flexibility index (Phi) is 7.22. The van der Waals surface area contributed by atoms with Crippen molar-refractivity contribution in [3.63, 3.8) is 0 Å². The predicted molar refractivity (Wildman–Crippen MR) is 147 cm³/mol. The Bertz CT molecular complexity index is 1590. The van der Waals surface area contributed by atoms with Crippen LogP contribution in [0.1, 0.15) is 12.0 Å². The average Bonchev–Trinajstić information content (AvgIpc) is 3.71. The molecule has 0 spiro atoms.